The van der Waals surface area contributed by atoms with E-state index in [4.69, 9.17) is 5.73 Å². The van der Waals surface area contributed by atoms with Crippen molar-refractivity contribution in [3.63, 3.8) is 0 Å². The van der Waals surface area contributed by atoms with Crippen LogP contribution in [-0.4, -0.2) is 24.0 Å². The summed E-state index contributed by atoms with van der Waals surface area (Å²) in [6.45, 7) is 13.3. The Labute approximate surface area is 124 Å². The molecule has 2 N–H and O–H groups in total. The Hall–Kier alpha value is -0.860. The van der Waals surface area contributed by atoms with E-state index in [0.29, 0.717) is 18.6 Å². The Bertz CT molecular complexity index is 430. The molecular weight excluding hydrogens is 244 g/mol. The van der Waals surface area contributed by atoms with Gasteiger partial charge >= 0.3 is 0 Å². The van der Waals surface area contributed by atoms with Crippen LogP contribution in [-0.2, 0) is 5.41 Å². The third kappa shape index (κ3) is 3.24. The van der Waals surface area contributed by atoms with Crippen molar-refractivity contribution in [1.29, 1.82) is 0 Å². The molecule has 0 spiro atoms. The van der Waals surface area contributed by atoms with Crippen molar-refractivity contribution in [3.8, 4) is 0 Å². The van der Waals surface area contributed by atoms with Gasteiger partial charge in [0.15, 0.2) is 0 Å². The highest BCUT2D eigenvalue weighted by Gasteiger charge is 2.31. The van der Waals surface area contributed by atoms with Crippen LogP contribution in [0.2, 0.25) is 0 Å². The molecular formula is C18H30N2. The molecule has 0 aliphatic carbocycles. The minimum atomic E-state index is 0.214. The molecule has 20 heavy (non-hydrogen) atoms. The summed E-state index contributed by atoms with van der Waals surface area (Å²) >= 11 is 0. The summed E-state index contributed by atoms with van der Waals surface area (Å²) in [5.74, 6) is 0.785. The lowest BCUT2D eigenvalue weighted by atomic mass is 9.86. The predicted molar refractivity (Wildman–Crippen MR) is 86.9 cm³/mol. The minimum absolute atomic E-state index is 0.214. The van der Waals surface area contributed by atoms with E-state index in [2.05, 4.69) is 63.8 Å². The number of hydrogen-bond acceptors (Lipinski definition) is 2. The maximum Gasteiger partial charge on any atom is 0.0473 e. The fraction of sp³-hybridized carbons (Fsp3) is 0.667. The molecule has 1 heterocycles. The molecule has 1 aromatic carbocycles. The van der Waals surface area contributed by atoms with Gasteiger partial charge in [-0.2, -0.15) is 0 Å². The second-order valence-corrected chi connectivity index (χ2v) is 7.51. The van der Waals surface area contributed by atoms with Crippen LogP contribution in [0.1, 0.15) is 58.2 Å². The van der Waals surface area contributed by atoms with E-state index in [-0.39, 0.29) is 5.41 Å². The van der Waals surface area contributed by atoms with Gasteiger partial charge in [-0.05, 0) is 35.8 Å². The molecule has 0 amide bonds. The predicted octanol–water partition coefficient (Wildman–Crippen LogP) is 3.71. The average Bonchev–Trinajstić information content (AvgIpc) is 2.69. The zero-order valence-electron chi connectivity index (χ0n) is 13.7. The maximum atomic E-state index is 6.07. The number of rotatable bonds is 3. The quantitative estimate of drug-likeness (QED) is 0.910. The molecule has 1 aromatic rings. The first-order valence-electron chi connectivity index (χ1n) is 7.89. The van der Waals surface area contributed by atoms with E-state index < -0.39 is 0 Å². The third-order valence-electron chi connectivity index (χ3n) is 4.62. The van der Waals surface area contributed by atoms with E-state index >= 15 is 0 Å². The van der Waals surface area contributed by atoms with Gasteiger partial charge < -0.3 is 5.73 Å². The van der Waals surface area contributed by atoms with Gasteiger partial charge in [0, 0.05) is 25.2 Å². The smallest absolute Gasteiger partial charge is 0.0473 e. The summed E-state index contributed by atoms with van der Waals surface area (Å²) in [5.41, 5.74) is 9.04. The standard InChI is InChI=1S/C18H30N2/c1-13-10-14(2)20(12-13)17(11-19)15-6-8-16(9-7-15)18(3,4)5/h6-9,13-14,17H,10-12,19H2,1-5H3. The first kappa shape index (κ1) is 15.5. The number of hydrogen-bond donors (Lipinski definition) is 1. The van der Waals surface area contributed by atoms with Crippen molar-refractivity contribution < 1.29 is 0 Å². The van der Waals surface area contributed by atoms with Crippen molar-refractivity contribution in [2.24, 2.45) is 11.7 Å². The molecule has 3 unspecified atom stereocenters. The summed E-state index contributed by atoms with van der Waals surface area (Å²) < 4.78 is 0. The molecule has 0 bridgehead atoms. The molecule has 1 fully saturated rings. The molecule has 112 valence electrons. The maximum absolute atomic E-state index is 6.07. The minimum Gasteiger partial charge on any atom is -0.329 e. The topological polar surface area (TPSA) is 29.3 Å². The number of benzene rings is 1. The normalized spacial score (nSPS) is 25.9. The van der Waals surface area contributed by atoms with Gasteiger partial charge in [0.05, 0.1) is 0 Å². The average molecular weight is 274 g/mol. The lowest BCUT2D eigenvalue weighted by molar-refractivity contribution is 0.192. The number of nitrogens with two attached hydrogens (primary N) is 1. The van der Waals surface area contributed by atoms with Crippen LogP contribution in [0.15, 0.2) is 24.3 Å². The van der Waals surface area contributed by atoms with Crippen molar-refractivity contribution in [3.05, 3.63) is 35.4 Å². The molecule has 1 saturated heterocycles. The highest BCUT2D eigenvalue weighted by molar-refractivity contribution is 5.29. The molecule has 3 atom stereocenters. The Morgan fingerprint density at radius 2 is 1.80 bits per heavy atom. The van der Waals surface area contributed by atoms with E-state index in [1.54, 1.807) is 0 Å². The first-order valence-corrected chi connectivity index (χ1v) is 7.89. The van der Waals surface area contributed by atoms with Gasteiger partial charge in [-0.3, -0.25) is 4.90 Å². The fourth-order valence-corrected chi connectivity index (χ4v) is 3.43. The lowest BCUT2D eigenvalue weighted by Gasteiger charge is -2.31. The van der Waals surface area contributed by atoms with Gasteiger partial charge in [0.25, 0.3) is 0 Å². The van der Waals surface area contributed by atoms with Gasteiger partial charge in [-0.1, -0.05) is 52.0 Å². The SMILES string of the molecule is CC1CC(C)N(C(CN)c2ccc(C(C)(C)C)cc2)C1. The van der Waals surface area contributed by atoms with Crippen molar-refractivity contribution in [2.45, 2.75) is 58.5 Å². The van der Waals surface area contributed by atoms with Gasteiger partial charge in [0.1, 0.15) is 0 Å². The summed E-state index contributed by atoms with van der Waals surface area (Å²) in [5, 5.41) is 0. The Kier molecular flexibility index (Phi) is 4.55. The van der Waals surface area contributed by atoms with Crippen molar-refractivity contribution in [1.82, 2.24) is 4.90 Å². The van der Waals surface area contributed by atoms with E-state index in [0.717, 1.165) is 5.92 Å². The van der Waals surface area contributed by atoms with Crippen LogP contribution in [0.5, 0.6) is 0 Å². The Balaban J connectivity index is 2.20. The van der Waals surface area contributed by atoms with Crippen molar-refractivity contribution >= 4 is 0 Å². The van der Waals surface area contributed by atoms with Crippen molar-refractivity contribution in [2.75, 3.05) is 13.1 Å². The second kappa shape index (κ2) is 5.87. The molecule has 1 aliphatic heterocycles. The largest absolute Gasteiger partial charge is 0.329 e. The number of nitrogens with zero attached hydrogens (tertiary/aromatic N) is 1. The van der Waals surface area contributed by atoms with E-state index in [9.17, 15) is 0 Å². The highest BCUT2D eigenvalue weighted by atomic mass is 15.2. The summed E-state index contributed by atoms with van der Waals surface area (Å²) in [7, 11) is 0. The molecule has 2 heteroatoms. The molecule has 1 aliphatic rings. The molecule has 2 rings (SSSR count). The fourth-order valence-electron chi connectivity index (χ4n) is 3.43. The van der Waals surface area contributed by atoms with Crippen LogP contribution in [0, 0.1) is 5.92 Å². The number of likely N-dealkylation sites (tertiary alicyclic amines) is 1. The zero-order valence-corrected chi connectivity index (χ0v) is 13.7. The van der Waals surface area contributed by atoms with E-state index in [1.165, 1.54) is 24.1 Å². The van der Waals surface area contributed by atoms with Crippen LogP contribution >= 0.6 is 0 Å². The molecule has 2 nitrogen and oxygen atoms in total. The van der Waals surface area contributed by atoms with Crippen LogP contribution in [0.3, 0.4) is 0 Å². The molecule has 0 radical (unpaired) electrons. The van der Waals surface area contributed by atoms with Crippen LogP contribution < -0.4 is 5.73 Å². The van der Waals surface area contributed by atoms with Gasteiger partial charge in [0.2, 0.25) is 0 Å². The first-order chi connectivity index (χ1) is 9.32. The monoisotopic (exact) mass is 274 g/mol. The Morgan fingerprint density at radius 3 is 2.20 bits per heavy atom. The van der Waals surface area contributed by atoms with E-state index in [1.807, 2.05) is 0 Å². The van der Waals surface area contributed by atoms with Crippen LogP contribution in [0.4, 0.5) is 0 Å². The second-order valence-electron chi connectivity index (χ2n) is 7.51. The van der Waals surface area contributed by atoms with Crippen LogP contribution in [0.25, 0.3) is 0 Å². The molecule has 0 aromatic heterocycles. The van der Waals surface area contributed by atoms with Gasteiger partial charge in [-0.25, -0.2) is 0 Å². The van der Waals surface area contributed by atoms with Gasteiger partial charge in [-0.15, -0.1) is 0 Å². The summed E-state index contributed by atoms with van der Waals surface area (Å²) in [6.07, 6.45) is 1.29. The Morgan fingerprint density at radius 1 is 1.20 bits per heavy atom. The summed E-state index contributed by atoms with van der Waals surface area (Å²) in [6, 6.07) is 10.1. The lowest BCUT2D eigenvalue weighted by Crippen LogP contribution is -2.36. The molecule has 0 saturated carbocycles. The highest BCUT2D eigenvalue weighted by Crippen LogP contribution is 2.32. The zero-order chi connectivity index (χ0) is 14.9. The third-order valence-corrected chi connectivity index (χ3v) is 4.62. The summed E-state index contributed by atoms with van der Waals surface area (Å²) in [4.78, 5) is 2.58.